The zero-order chi connectivity index (χ0) is 9.45. The number of rotatable bonds is 7. The van der Waals surface area contributed by atoms with E-state index in [1.54, 1.807) is 0 Å². The van der Waals surface area contributed by atoms with E-state index in [1.807, 2.05) is 0 Å². The van der Waals surface area contributed by atoms with Gasteiger partial charge >= 0.3 is 18.9 Å². The maximum atomic E-state index is 10.9. The molecule has 0 saturated carbocycles. The van der Waals surface area contributed by atoms with Crippen LogP contribution in [-0.4, -0.2) is 20.8 Å². The Morgan fingerprint density at radius 2 is 1.93 bits per heavy atom. The second kappa shape index (κ2) is 11.3. The Bertz CT molecular complexity index is 212. The van der Waals surface area contributed by atoms with E-state index in [-0.39, 0.29) is 32.0 Å². The molecule has 5 heteroatoms. The summed E-state index contributed by atoms with van der Waals surface area (Å²) in [7, 11) is -3.33. The van der Waals surface area contributed by atoms with Gasteiger partial charge in [0, 0.05) is 0 Å². The van der Waals surface area contributed by atoms with Crippen molar-refractivity contribution in [1.82, 2.24) is 0 Å². The molecule has 0 fully saturated rings. The Kier molecular flexibility index (Phi) is 16.0. The molecule has 0 aromatic rings. The SMILES string of the molecule is C=CCS(=O)(=O)OCCCCC.[CH3-].[Li+]. The molecule has 0 aliphatic rings. The first kappa shape index (κ1) is 19.8. The topological polar surface area (TPSA) is 43.4 Å². The van der Waals surface area contributed by atoms with Crippen molar-refractivity contribution in [3.63, 3.8) is 0 Å². The largest absolute Gasteiger partial charge is 1.00 e. The Hall–Kier alpha value is 0.247. The smallest absolute Gasteiger partial charge is 0.358 e. The predicted molar refractivity (Wildman–Crippen MR) is 55.9 cm³/mol. The van der Waals surface area contributed by atoms with Crippen LogP contribution in [0.25, 0.3) is 0 Å². The quantitative estimate of drug-likeness (QED) is 0.182. The van der Waals surface area contributed by atoms with Gasteiger partial charge in [-0.25, -0.2) is 0 Å². The molecule has 14 heavy (non-hydrogen) atoms. The molecule has 3 nitrogen and oxygen atoms in total. The van der Waals surface area contributed by atoms with Gasteiger partial charge in [0.2, 0.25) is 0 Å². The molecule has 0 aliphatic heterocycles. The summed E-state index contributed by atoms with van der Waals surface area (Å²) in [6.07, 6.45) is 4.19. The van der Waals surface area contributed by atoms with Gasteiger partial charge in [0.15, 0.2) is 0 Å². The zero-order valence-electron chi connectivity index (χ0n) is 9.45. The van der Waals surface area contributed by atoms with Crippen molar-refractivity contribution in [3.8, 4) is 0 Å². The van der Waals surface area contributed by atoms with Crippen molar-refractivity contribution in [2.75, 3.05) is 12.4 Å². The van der Waals surface area contributed by atoms with Crippen LogP contribution in [0.4, 0.5) is 0 Å². The van der Waals surface area contributed by atoms with E-state index in [0.29, 0.717) is 6.61 Å². The van der Waals surface area contributed by atoms with Crippen LogP contribution in [0, 0.1) is 7.43 Å². The molecule has 0 spiro atoms. The minimum Gasteiger partial charge on any atom is -0.358 e. The third-order valence-electron chi connectivity index (χ3n) is 1.33. The van der Waals surface area contributed by atoms with Crippen LogP contribution in [0.5, 0.6) is 0 Å². The monoisotopic (exact) mass is 214 g/mol. The van der Waals surface area contributed by atoms with Gasteiger partial charge in [-0.1, -0.05) is 25.8 Å². The fourth-order valence-electron chi connectivity index (χ4n) is 0.730. The van der Waals surface area contributed by atoms with Crippen molar-refractivity contribution in [1.29, 1.82) is 0 Å². The fraction of sp³-hybridized carbons (Fsp3) is 0.667. The van der Waals surface area contributed by atoms with Gasteiger partial charge in [-0.15, -0.1) is 6.58 Å². The summed E-state index contributed by atoms with van der Waals surface area (Å²) in [5.74, 6) is -0.0981. The van der Waals surface area contributed by atoms with Gasteiger partial charge in [-0.3, -0.25) is 4.18 Å². The van der Waals surface area contributed by atoms with E-state index >= 15 is 0 Å². The number of hydrogen-bond donors (Lipinski definition) is 0. The van der Waals surface area contributed by atoms with Crippen molar-refractivity contribution in [2.45, 2.75) is 26.2 Å². The number of unbranched alkanes of at least 4 members (excludes halogenated alkanes) is 2. The molecule has 0 rings (SSSR count). The van der Waals surface area contributed by atoms with Crippen LogP contribution in [0.15, 0.2) is 12.7 Å². The molecule has 0 N–H and O–H groups in total. The van der Waals surface area contributed by atoms with Crippen LogP contribution in [0.1, 0.15) is 26.2 Å². The van der Waals surface area contributed by atoms with Gasteiger partial charge in [0.05, 0.1) is 12.4 Å². The molecule has 0 unspecified atom stereocenters. The first-order valence-electron chi connectivity index (χ1n) is 4.10. The van der Waals surface area contributed by atoms with Gasteiger partial charge in [0.25, 0.3) is 10.1 Å². The summed E-state index contributed by atoms with van der Waals surface area (Å²) < 4.78 is 26.5. The van der Waals surface area contributed by atoms with Crippen LogP contribution in [-0.2, 0) is 14.3 Å². The summed E-state index contributed by atoms with van der Waals surface area (Å²) in [6.45, 7) is 5.68. The van der Waals surface area contributed by atoms with Crippen LogP contribution < -0.4 is 18.9 Å². The molecular weight excluding hydrogens is 195 g/mol. The summed E-state index contributed by atoms with van der Waals surface area (Å²) in [5.41, 5.74) is 0. The van der Waals surface area contributed by atoms with Crippen molar-refractivity contribution >= 4 is 10.1 Å². The van der Waals surface area contributed by atoms with E-state index < -0.39 is 10.1 Å². The molecule has 0 atom stereocenters. The zero-order valence-corrected chi connectivity index (χ0v) is 10.3. The summed E-state index contributed by atoms with van der Waals surface area (Å²) >= 11 is 0. The van der Waals surface area contributed by atoms with E-state index in [2.05, 4.69) is 17.7 Å². The summed E-state index contributed by atoms with van der Waals surface area (Å²) in [4.78, 5) is 0. The first-order chi connectivity index (χ1) is 5.62. The minimum atomic E-state index is -3.33. The van der Waals surface area contributed by atoms with E-state index in [4.69, 9.17) is 0 Å². The molecule has 0 aliphatic carbocycles. The van der Waals surface area contributed by atoms with Crippen LogP contribution in [0.2, 0.25) is 0 Å². The molecular formula is C9H19LiO3S. The summed E-state index contributed by atoms with van der Waals surface area (Å²) in [6, 6.07) is 0. The third kappa shape index (κ3) is 12.2. The Labute approximate surface area is 100 Å². The Balaban J connectivity index is -0.000000605. The maximum absolute atomic E-state index is 10.9. The Morgan fingerprint density at radius 1 is 1.36 bits per heavy atom. The van der Waals surface area contributed by atoms with Gasteiger partial charge in [-0.2, -0.15) is 8.42 Å². The summed E-state index contributed by atoms with van der Waals surface area (Å²) in [5, 5.41) is 0. The third-order valence-corrected chi connectivity index (χ3v) is 2.50. The van der Waals surface area contributed by atoms with E-state index in [1.165, 1.54) is 6.08 Å². The first-order valence-corrected chi connectivity index (χ1v) is 5.68. The Morgan fingerprint density at radius 3 is 2.36 bits per heavy atom. The molecule has 0 heterocycles. The van der Waals surface area contributed by atoms with Gasteiger partial charge < -0.3 is 7.43 Å². The molecule has 80 valence electrons. The average molecular weight is 214 g/mol. The maximum Gasteiger partial charge on any atom is 1.00 e. The standard InChI is InChI=1S/C8H16O3S.CH3.Li/c1-3-5-6-7-11-12(9,10)8-4-2;;/h4H,2-3,5-8H2,1H3;1H3;/q;-1;+1. The normalized spacial score (nSPS) is 9.79. The second-order valence-corrected chi connectivity index (χ2v) is 4.23. The fourth-order valence-corrected chi connectivity index (χ4v) is 1.49. The molecule has 0 aromatic carbocycles. The van der Waals surface area contributed by atoms with E-state index in [0.717, 1.165) is 19.3 Å². The average Bonchev–Trinajstić information content (AvgIpc) is 1.98. The second-order valence-electron chi connectivity index (χ2n) is 2.54. The van der Waals surface area contributed by atoms with Crippen molar-refractivity contribution in [2.24, 2.45) is 0 Å². The number of hydrogen-bond acceptors (Lipinski definition) is 3. The minimum absolute atomic E-state index is 0. The molecule has 0 saturated heterocycles. The molecule has 0 bridgehead atoms. The predicted octanol–water partition coefficient (Wildman–Crippen LogP) is -0.837. The molecule has 0 amide bonds. The van der Waals surface area contributed by atoms with Crippen molar-refractivity contribution < 1.29 is 31.5 Å². The van der Waals surface area contributed by atoms with E-state index in [9.17, 15) is 8.42 Å². The van der Waals surface area contributed by atoms with Gasteiger partial charge in [0.1, 0.15) is 0 Å². The molecule has 0 radical (unpaired) electrons. The molecule has 0 aromatic heterocycles. The van der Waals surface area contributed by atoms with Crippen LogP contribution >= 0.6 is 0 Å². The van der Waals surface area contributed by atoms with Gasteiger partial charge in [-0.05, 0) is 6.42 Å². The van der Waals surface area contributed by atoms with Crippen LogP contribution in [0.3, 0.4) is 0 Å². The van der Waals surface area contributed by atoms with Crippen molar-refractivity contribution in [3.05, 3.63) is 20.1 Å².